The van der Waals surface area contributed by atoms with Gasteiger partial charge < -0.3 is 66.3 Å². The molecule has 142 heavy (non-hydrogen) atoms. The smallest absolute Gasteiger partial charge is 0.333 e. The number of unbranched alkanes of at least 4 members (excludes halogenated alkanes) is 5. The highest BCUT2D eigenvalue weighted by molar-refractivity contribution is 6.02. The van der Waals surface area contributed by atoms with E-state index in [1.54, 1.807) is 74.5 Å². The van der Waals surface area contributed by atoms with Gasteiger partial charge in [0.2, 0.25) is 35.4 Å². The summed E-state index contributed by atoms with van der Waals surface area (Å²) in [7, 11) is 0. The van der Waals surface area contributed by atoms with Crippen LogP contribution < -0.4 is 37.6 Å². The highest BCUT2D eigenvalue weighted by Gasteiger charge is 2.36. The van der Waals surface area contributed by atoms with E-state index in [1.165, 1.54) is 41.5 Å². The summed E-state index contributed by atoms with van der Waals surface area (Å²) in [5.74, 6) is -9.23. The molecule has 1 fully saturated rings. The van der Waals surface area contributed by atoms with Gasteiger partial charge >= 0.3 is 23.9 Å². The molecule has 768 valence electrons. The van der Waals surface area contributed by atoms with E-state index in [-0.39, 0.29) is 198 Å². The van der Waals surface area contributed by atoms with Gasteiger partial charge in [0, 0.05) is 128 Å². The third-order valence-electron chi connectivity index (χ3n) is 23.6. The Morgan fingerprint density at radius 3 is 0.845 bits per heavy atom. The van der Waals surface area contributed by atoms with Crippen LogP contribution >= 0.6 is 0 Å². The molecule has 1 saturated heterocycles. The van der Waals surface area contributed by atoms with Crippen LogP contribution in [-0.2, 0) is 173 Å². The molecular formula is C110H144N8O24. The zero-order valence-electron chi connectivity index (χ0n) is 83.9. The van der Waals surface area contributed by atoms with E-state index in [0.717, 1.165) is 88.6 Å². The lowest BCUT2D eigenvalue weighted by molar-refractivity contribution is -0.197. The third-order valence-corrected chi connectivity index (χ3v) is 23.6. The minimum absolute atomic E-state index is 0.00216. The predicted octanol–water partition coefficient (Wildman–Crippen LogP) is 12.6. The molecule has 0 spiro atoms. The Labute approximate surface area is 833 Å². The minimum atomic E-state index is -0.934. The Balaban J connectivity index is 0.000000377. The molecule has 1 heterocycles. The van der Waals surface area contributed by atoms with E-state index < -0.39 is 89.5 Å². The Morgan fingerprint density at radius 1 is 0.317 bits per heavy atom. The van der Waals surface area contributed by atoms with Crippen LogP contribution in [0, 0.1) is 17.8 Å². The molecule has 0 saturated carbocycles. The van der Waals surface area contributed by atoms with Crippen LogP contribution in [0.15, 0.2) is 164 Å². The number of esters is 3. The van der Waals surface area contributed by atoms with Crippen molar-refractivity contribution in [3.05, 3.63) is 214 Å². The van der Waals surface area contributed by atoms with Crippen LogP contribution in [0.3, 0.4) is 0 Å². The third kappa shape index (κ3) is 49.1. The van der Waals surface area contributed by atoms with Crippen LogP contribution in [0.25, 0.3) is 0 Å². The Hall–Kier alpha value is -13.5. The molecule has 6 aromatic rings. The molecule has 7 rings (SSSR count). The average Bonchev–Trinajstić information content (AvgIpc) is 1.58. The molecule has 0 aromatic heterocycles. The second-order valence-corrected chi connectivity index (χ2v) is 36.2. The standard InChI is InChI=1S/C39H49N3O10.C36H48N2O7.C35H47N3O7/c1-4-5-7-13-32(34(45)23-29-16-18-30(19-17-29)25-51-27(3)43)41-39(50)31(22-28-11-8-6-9-12-28)24-33(44)26(2)40-35(46)14-10-15-38(49)52-42-36(47)20-21-37(42)48;1-5-6-8-15-32(34(42)22-29-17-19-30(20-18-29)24-45-27(4)40)38-36(44)31(21-28-13-9-7-10-14-28)23-33(41)26(3)37-35(43)16-11-12-25(2)39;1-24(39)10-9-14-34(43)37-25(2)32(41)22-30(20-27-11-5-4-6-12-27)35(44)38-31(13-7-8-19-36)33(42)21-28-15-17-29(18-16-28)23-45-26(3)40/h6,8-9,11-12,16-19,26,31-32H,4-5,7,10,13-15,20-25H2,1-3H3,(H,40,46)(H,41,50);7,9-10,13-14,17-20,26,31-32H,5-6,8,11-12,15-16,21-24H2,1-4H3,(H,37,43)(H,38,44);4-6,11-12,15-18,25,30-31H,7-10,13-14,19-23,36H2,1-3H3,(H,37,43)(H,38,44)/t2*26-,31-,32+;25-,30-,31+/m111/s1. The fourth-order valence-electron chi connectivity index (χ4n) is 15.4. The van der Waals surface area contributed by atoms with Crippen molar-refractivity contribution in [1.82, 2.24) is 37.0 Å². The number of carbonyl (C=O) groups is 20. The molecule has 0 aliphatic carbocycles. The molecule has 8 amide bonds. The molecule has 32 nitrogen and oxygen atoms in total. The van der Waals surface area contributed by atoms with Crippen LogP contribution in [-0.4, -0.2) is 165 Å². The van der Waals surface area contributed by atoms with E-state index in [2.05, 4.69) is 38.8 Å². The van der Waals surface area contributed by atoms with E-state index in [4.69, 9.17) is 24.8 Å². The Morgan fingerprint density at radius 2 is 0.585 bits per heavy atom. The maximum atomic E-state index is 13.8. The number of nitrogens with one attached hydrogen (secondary N) is 6. The lowest BCUT2D eigenvalue weighted by Crippen LogP contribution is -2.46. The highest BCUT2D eigenvalue weighted by Crippen LogP contribution is 2.24. The normalized spacial score (nSPS) is 13.3. The Kier molecular flexibility index (Phi) is 55.5. The molecule has 0 unspecified atom stereocenters. The first kappa shape index (κ1) is 119. The molecule has 0 bridgehead atoms. The lowest BCUT2D eigenvalue weighted by Gasteiger charge is -2.23. The molecule has 6 aromatic carbocycles. The van der Waals surface area contributed by atoms with Crippen LogP contribution in [0.4, 0.5) is 0 Å². The van der Waals surface area contributed by atoms with Crippen molar-refractivity contribution in [3.8, 4) is 0 Å². The number of nitrogens with zero attached hydrogens (tertiary/aromatic N) is 1. The monoisotopic (exact) mass is 1960 g/mol. The number of Topliss-reactive ketones (excluding diaryl/α,β-unsaturated/α-hetero) is 8. The summed E-state index contributed by atoms with van der Waals surface area (Å²) >= 11 is 0. The number of imide groups is 1. The average molecular weight is 1960 g/mol. The van der Waals surface area contributed by atoms with Crippen molar-refractivity contribution >= 4 is 117 Å². The molecular weight excluding hydrogens is 1820 g/mol. The molecule has 8 N–H and O–H groups in total. The van der Waals surface area contributed by atoms with Gasteiger partial charge in [-0.1, -0.05) is 216 Å². The zero-order chi connectivity index (χ0) is 104. The van der Waals surface area contributed by atoms with Crippen molar-refractivity contribution < 1.29 is 115 Å². The van der Waals surface area contributed by atoms with Crippen molar-refractivity contribution in [2.24, 2.45) is 23.5 Å². The topological polar surface area (TPSA) is 480 Å². The van der Waals surface area contributed by atoms with Gasteiger partial charge in [0.25, 0.3) is 11.8 Å². The van der Waals surface area contributed by atoms with Crippen molar-refractivity contribution in [2.45, 2.75) is 324 Å². The van der Waals surface area contributed by atoms with Gasteiger partial charge in [-0.3, -0.25) is 81.5 Å². The van der Waals surface area contributed by atoms with Crippen LogP contribution in [0.5, 0.6) is 0 Å². The van der Waals surface area contributed by atoms with E-state index in [9.17, 15) is 95.9 Å². The molecule has 9 atom stereocenters. The number of rotatable bonds is 64. The summed E-state index contributed by atoms with van der Waals surface area (Å²) < 4.78 is 15.1. The Bertz CT molecular complexity index is 4910. The van der Waals surface area contributed by atoms with Gasteiger partial charge in [-0.25, -0.2) is 4.79 Å². The number of nitrogens with two attached hydrogens (primary N) is 1. The fraction of sp³-hybridized carbons (Fsp3) is 0.491. The largest absolute Gasteiger partial charge is 0.461 e. The predicted molar refractivity (Wildman–Crippen MR) is 532 cm³/mol. The quantitative estimate of drug-likeness (QED) is 0.00807. The van der Waals surface area contributed by atoms with Gasteiger partial charge in [-0.2, -0.15) is 0 Å². The first-order chi connectivity index (χ1) is 67.8. The lowest BCUT2D eigenvalue weighted by atomic mass is 9.90. The van der Waals surface area contributed by atoms with Gasteiger partial charge in [-0.05, 0) is 162 Å². The number of ketones is 8. The summed E-state index contributed by atoms with van der Waals surface area (Å²) in [5.41, 5.74) is 12.9. The number of carbonyl (C=O) groups excluding carboxylic acids is 20. The second-order valence-electron chi connectivity index (χ2n) is 36.2. The number of hydroxylamine groups is 2. The number of ether oxygens (including phenoxy) is 3. The molecule has 1 aliphatic heterocycles. The van der Waals surface area contributed by atoms with Crippen molar-refractivity contribution in [2.75, 3.05) is 6.54 Å². The van der Waals surface area contributed by atoms with Gasteiger partial charge in [0.1, 0.15) is 31.4 Å². The first-order valence-electron chi connectivity index (χ1n) is 49.3. The second kappa shape index (κ2) is 66.2. The van der Waals surface area contributed by atoms with E-state index >= 15 is 0 Å². The van der Waals surface area contributed by atoms with Crippen molar-refractivity contribution in [3.63, 3.8) is 0 Å². The van der Waals surface area contributed by atoms with Gasteiger partial charge in [-0.15, -0.1) is 5.06 Å². The number of amides is 8. The van der Waals surface area contributed by atoms with Gasteiger partial charge in [0.15, 0.2) is 34.7 Å². The van der Waals surface area contributed by atoms with E-state index in [0.29, 0.717) is 75.8 Å². The summed E-state index contributed by atoms with van der Waals surface area (Å²) in [5, 5.41) is 17.3. The van der Waals surface area contributed by atoms with Crippen molar-refractivity contribution in [1.29, 1.82) is 0 Å². The SMILES string of the molecule is CC(=O)CCCC(=O)N[C@H](C)C(=O)C[C@@H](Cc1ccccc1)C(=O)N[C@@H](CCCCN)C(=O)Cc1ccc(COC(C)=O)cc1.CCCCC[C@H](NC(=O)[C@@H](CC(=O)[C@@H](C)NC(=O)CCCC(=O)ON1C(=O)CCC1=O)Cc1ccccc1)C(=O)Cc1ccc(COC(C)=O)cc1.CCCCC[C@H](NC(=O)[C@@H](CC(=O)[C@@H](C)NC(=O)CCCC(C)=O)Cc1ccccc1)C(=O)Cc1ccc(COC(C)=O)cc1. The summed E-state index contributed by atoms with van der Waals surface area (Å²) in [6.07, 6.45) is 9.94. The first-order valence-corrected chi connectivity index (χ1v) is 49.3. The minimum Gasteiger partial charge on any atom is -0.461 e. The number of hydrogen-bond donors (Lipinski definition) is 7. The maximum Gasteiger partial charge on any atom is 0.333 e. The maximum absolute atomic E-state index is 13.8. The summed E-state index contributed by atoms with van der Waals surface area (Å²) in [4.78, 5) is 255. The number of hydrogen-bond acceptors (Lipinski definition) is 25. The van der Waals surface area contributed by atoms with Crippen LogP contribution in [0.2, 0.25) is 0 Å². The number of benzene rings is 6. The molecule has 32 heteroatoms. The highest BCUT2D eigenvalue weighted by atomic mass is 16.7. The van der Waals surface area contributed by atoms with E-state index in [1.807, 2.05) is 110 Å². The van der Waals surface area contributed by atoms with Gasteiger partial charge in [0.05, 0.1) is 36.3 Å². The summed E-state index contributed by atoms with van der Waals surface area (Å²) in [6.45, 7) is 16.6. The molecule has 1 aliphatic rings. The van der Waals surface area contributed by atoms with Crippen LogP contribution in [0.1, 0.15) is 280 Å². The molecule has 0 radical (unpaired) electrons. The zero-order valence-corrected chi connectivity index (χ0v) is 83.9. The summed E-state index contributed by atoms with van der Waals surface area (Å²) in [6, 6.07) is 44.7. The fourth-order valence-corrected chi connectivity index (χ4v) is 15.4.